The molecule has 0 unspecified atom stereocenters. The molecule has 28 heavy (non-hydrogen) atoms. The lowest BCUT2D eigenvalue weighted by molar-refractivity contribution is 0.412. The van der Waals surface area contributed by atoms with Crippen molar-refractivity contribution in [3.05, 3.63) is 35.6 Å². The Bertz CT molecular complexity index is 1100. The van der Waals surface area contributed by atoms with E-state index < -0.39 is 10.0 Å². The number of aromatic nitrogens is 3. The van der Waals surface area contributed by atoms with E-state index >= 15 is 0 Å². The van der Waals surface area contributed by atoms with E-state index in [1.807, 2.05) is 7.05 Å². The Balaban J connectivity index is 2.10. The molecule has 0 fully saturated rings. The van der Waals surface area contributed by atoms with Gasteiger partial charge in [-0.25, -0.2) is 18.1 Å². The first-order chi connectivity index (χ1) is 13.3. The molecule has 2 aromatic heterocycles. The van der Waals surface area contributed by atoms with Crippen LogP contribution in [-0.2, 0) is 10.0 Å². The van der Waals surface area contributed by atoms with E-state index in [1.54, 1.807) is 35.1 Å². The second-order valence-electron chi connectivity index (χ2n) is 6.08. The Morgan fingerprint density at radius 3 is 2.71 bits per heavy atom. The van der Waals surface area contributed by atoms with Crippen molar-refractivity contribution in [2.24, 2.45) is 0 Å². The lowest BCUT2D eigenvalue weighted by Crippen LogP contribution is -2.18. The van der Waals surface area contributed by atoms with Gasteiger partial charge in [-0.15, -0.1) is 5.10 Å². The molecule has 3 rings (SSSR count). The number of likely N-dealkylation sites (N-methyl/N-ethyl adjacent to an activating group) is 1. The molecule has 9 nitrogen and oxygen atoms in total. The van der Waals surface area contributed by atoms with Gasteiger partial charge in [-0.1, -0.05) is 11.6 Å². The Labute approximate surface area is 168 Å². The third kappa shape index (κ3) is 4.46. The van der Waals surface area contributed by atoms with Gasteiger partial charge in [0.15, 0.2) is 5.82 Å². The number of hydrogen-bond donors (Lipinski definition) is 3. The van der Waals surface area contributed by atoms with Gasteiger partial charge >= 0.3 is 0 Å². The number of hydrogen-bond acceptors (Lipinski definition) is 7. The first kappa shape index (κ1) is 20.2. The highest BCUT2D eigenvalue weighted by atomic mass is 35.5. The molecular weight excluding hydrogens is 404 g/mol. The van der Waals surface area contributed by atoms with Gasteiger partial charge in [-0.05, 0) is 19.2 Å². The van der Waals surface area contributed by atoms with Crippen LogP contribution in [0.25, 0.3) is 16.6 Å². The van der Waals surface area contributed by atoms with Gasteiger partial charge in [0.2, 0.25) is 10.0 Å². The van der Waals surface area contributed by atoms with Gasteiger partial charge in [0.25, 0.3) is 0 Å². The molecule has 2 heterocycles. The Morgan fingerprint density at radius 2 is 2.04 bits per heavy atom. The average Bonchev–Trinajstić information content (AvgIpc) is 2.98. The molecule has 0 bridgehead atoms. The standard InChI is InChI=1S/C17H21ClN6O3S/c1-19-6-7-20-17-12-10-21-16(18)9-14(12)24(22-17)13-5-4-11(8-15(13)27-2)23-28(3,25)26/h4-5,8-10,19,23H,6-7H2,1-3H3,(H,20,22). The fourth-order valence-electron chi connectivity index (χ4n) is 2.74. The second-order valence-corrected chi connectivity index (χ2v) is 8.21. The molecule has 11 heteroatoms. The SMILES string of the molecule is CNCCNc1nn(-c2ccc(NS(C)(=O)=O)cc2OC)c2cc(Cl)ncc12. The normalized spacial score (nSPS) is 11.6. The fraction of sp³-hybridized carbons (Fsp3) is 0.294. The third-order valence-corrected chi connectivity index (χ3v) is 4.72. The largest absolute Gasteiger partial charge is 0.494 e. The maximum Gasteiger partial charge on any atom is 0.229 e. The highest BCUT2D eigenvalue weighted by Gasteiger charge is 2.17. The van der Waals surface area contributed by atoms with Gasteiger partial charge in [0.1, 0.15) is 16.6 Å². The molecule has 0 saturated heterocycles. The fourth-order valence-corrected chi connectivity index (χ4v) is 3.44. The molecule has 0 atom stereocenters. The van der Waals surface area contributed by atoms with E-state index in [4.69, 9.17) is 16.3 Å². The summed E-state index contributed by atoms with van der Waals surface area (Å²) >= 11 is 6.10. The summed E-state index contributed by atoms with van der Waals surface area (Å²) in [5, 5.41) is 12.1. The first-order valence-electron chi connectivity index (χ1n) is 8.41. The number of fused-ring (bicyclic) bond motifs is 1. The summed E-state index contributed by atoms with van der Waals surface area (Å²) in [4.78, 5) is 4.15. The molecule has 0 aliphatic carbocycles. The van der Waals surface area contributed by atoms with Crippen molar-refractivity contribution >= 4 is 44.0 Å². The molecule has 0 aliphatic rings. The number of benzene rings is 1. The lowest BCUT2D eigenvalue weighted by atomic mass is 10.2. The summed E-state index contributed by atoms with van der Waals surface area (Å²) in [6.45, 7) is 1.45. The molecule has 3 N–H and O–H groups in total. The number of methoxy groups -OCH3 is 1. The van der Waals surface area contributed by atoms with Crippen LogP contribution in [-0.4, -0.2) is 56.7 Å². The maximum absolute atomic E-state index is 11.5. The van der Waals surface area contributed by atoms with E-state index in [9.17, 15) is 8.42 Å². The van der Waals surface area contributed by atoms with Crippen molar-refractivity contribution in [2.45, 2.75) is 0 Å². The van der Waals surface area contributed by atoms with Crippen LogP contribution in [0.15, 0.2) is 30.5 Å². The van der Waals surface area contributed by atoms with Crippen molar-refractivity contribution in [3.8, 4) is 11.4 Å². The Morgan fingerprint density at radius 1 is 1.25 bits per heavy atom. The molecule has 0 amide bonds. The van der Waals surface area contributed by atoms with Crippen molar-refractivity contribution in [2.75, 3.05) is 43.5 Å². The van der Waals surface area contributed by atoms with Gasteiger partial charge in [0.05, 0.1) is 30.0 Å². The van der Waals surface area contributed by atoms with E-state index in [2.05, 4.69) is 25.4 Å². The van der Waals surface area contributed by atoms with Crippen LogP contribution < -0.4 is 20.1 Å². The topological polar surface area (TPSA) is 110 Å². The minimum absolute atomic E-state index is 0.338. The quantitative estimate of drug-likeness (QED) is 0.375. The number of ether oxygens (including phenoxy) is 1. The van der Waals surface area contributed by atoms with E-state index in [1.165, 1.54) is 7.11 Å². The highest BCUT2D eigenvalue weighted by molar-refractivity contribution is 7.92. The molecular formula is C17H21ClN6O3S. The van der Waals surface area contributed by atoms with Crippen molar-refractivity contribution < 1.29 is 13.2 Å². The van der Waals surface area contributed by atoms with Crippen LogP contribution in [0, 0.1) is 0 Å². The van der Waals surface area contributed by atoms with Gasteiger partial charge in [-0.2, -0.15) is 0 Å². The number of halogens is 1. The molecule has 150 valence electrons. The predicted molar refractivity (Wildman–Crippen MR) is 111 cm³/mol. The minimum atomic E-state index is -3.40. The smallest absolute Gasteiger partial charge is 0.229 e. The molecule has 0 spiro atoms. The first-order valence-corrected chi connectivity index (χ1v) is 10.7. The zero-order chi connectivity index (χ0) is 20.3. The number of nitrogens with one attached hydrogen (secondary N) is 3. The zero-order valence-corrected chi connectivity index (χ0v) is 17.2. The Kier molecular flexibility index (Phi) is 5.92. The van der Waals surface area contributed by atoms with Crippen molar-refractivity contribution in [1.82, 2.24) is 20.1 Å². The average molecular weight is 425 g/mol. The van der Waals surface area contributed by atoms with Crippen LogP contribution >= 0.6 is 11.6 Å². The summed E-state index contributed by atoms with van der Waals surface area (Å²) in [6.07, 6.45) is 2.75. The minimum Gasteiger partial charge on any atom is -0.494 e. The van der Waals surface area contributed by atoms with E-state index in [0.717, 1.165) is 23.7 Å². The third-order valence-electron chi connectivity index (χ3n) is 3.91. The summed E-state index contributed by atoms with van der Waals surface area (Å²) in [6, 6.07) is 6.68. The van der Waals surface area contributed by atoms with E-state index in [-0.39, 0.29) is 0 Å². The number of sulfonamides is 1. The monoisotopic (exact) mass is 424 g/mol. The lowest BCUT2D eigenvalue weighted by Gasteiger charge is -2.12. The molecule has 1 aromatic carbocycles. The van der Waals surface area contributed by atoms with Gasteiger partial charge < -0.3 is 15.4 Å². The van der Waals surface area contributed by atoms with Crippen LogP contribution in [0.2, 0.25) is 5.15 Å². The van der Waals surface area contributed by atoms with Crippen molar-refractivity contribution in [1.29, 1.82) is 0 Å². The molecule has 0 aliphatic heterocycles. The highest BCUT2D eigenvalue weighted by Crippen LogP contribution is 2.32. The van der Waals surface area contributed by atoms with Crippen LogP contribution in [0.4, 0.5) is 11.5 Å². The van der Waals surface area contributed by atoms with Crippen molar-refractivity contribution in [3.63, 3.8) is 0 Å². The number of rotatable bonds is 8. The van der Waals surface area contributed by atoms with E-state index in [0.29, 0.717) is 34.6 Å². The second kappa shape index (κ2) is 8.21. The summed E-state index contributed by atoms with van der Waals surface area (Å²) in [5.41, 5.74) is 1.77. The summed E-state index contributed by atoms with van der Waals surface area (Å²) < 4.78 is 32.6. The zero-order valence-electron chi connectivity index (χ0n) is 15.7. The predicted octanol–water partition coefficient (Wildman–Crippen LogP) is 2.09. The Hall–Kier alpha value is -2.56. The summed E-state index contributed by atoms with van der Waals surface area (Å²) in [5.74, 6) is 1.11. The van der Waals surface area contributed by atoms with Gasteiger partial charge in [-0.3, -0.25) is 4.72 Å². The molecule has 0 radical (unpaired) electrons. The van der Waals surface area contributed by atoms with Crippen LogP contribution in [0.3, 0.4) is 0 Å². The van der Waals surface area contributed by atoms with Crippen LogP contribution in [0.5, 0.6) is 5.75 Å². The van der Waals surface area contributed by atoms with Crippen LogP contribution in [0.1, 0.15) is 0 Å². The summed E-state index contributed by atoms with van der Waals surface area (Å²) in [7, 11) is -0.0173. The molecule has 3 aromatic rings. The number of anilines is 2. The molecule has 0 saturated carbocycles. The number of nitrogens with zero attached hydrogens (tertiary/aromatic N) is 3. The van der Waals surface area contributed by atoms with Gasteiger partial charge in [0, 0.05) is 31.4 Å². The number of pyridine rings is 1. The maximum atomic E-state index is 11.5.